The third kappa shape index (κ3) is 6.27. The van der Waals surface area contributed by atoms with Crippen LogP contribution in [0.3, 0.4) is 0 Å². The Morgan fingerprint density at radius 1 is 0.328 bits per heavy atom. The average molecular weight is 748 g/mol. The summed E-state index contributed by atoms with van der Waals surface area (Å²) in [5, 5.41) is 2.37. The molecule has 0 atom stereocenters. The van der Waals surface area contributed by atoms with Gasteiger partial charge in [-0.15, -0.1) is 0 Å². The molecule has 6 heteroatoms. The monoisotopic (exact) mass is 747 g/mol. The molecule has 0 N–H and O–H groups in total. The molecule has 0 aliphatic rings. The van der Waals surface area contributed by atoms with Gasteiger partial charge in [-0.05, 0) is 73.5 Å². The Balaban J connectivity index is 0.986. The molecule has 0 saturated heterocycles. The van der Waals surface area contributed by atoms with E-state index in [1.807, 2.05) is 56.6 Å². The number of benzene rings is 8. The molecule has 0 aliphatic carbocycles. The van der Waals surface area contributed by atoms with Crippen molar-refractivity contribution >= 4 is 21.8 Å². The molecule has 6 nitrogen and oxygen atoms in total. The van der Waals surface area contributed by atoms with E-state index in [1.54, 1.807) is 9.13 Å². The maximum Gasteiger partial charge on any atom is 0.328 e. The molecule has 0 bridgehead atoms. The summed E-state index contributed by atoms with van der Waals surface area (Å²) in [5.41, 5.74) is 13.6. The molecule has 58 heavy (non-hydrogen) atoms. The highest BCUT2D eigenvalue weighted by Crippen LogP contribution is 2.37. The van der Waals surface area contributed by atoms with Gasteiger partial charge in [0.2, 0.25) is 0 Å². The standard InChI is InChI=1S/C52H37N5O/c1-56-47-31-28-41(33-48(47)57(2)52(56)58)35-20-22-36(23-21-35)43-29-30-44(46-19-10-9-18-45(43)46)37-24-26-39(27-25-37)50-53-49(38-14-7-4-8-15-38)54-51(55-50)42-17-11-16-40(32-42)34-12-5-3-6-13-34/h3-33H,1-2H3. The molecule has 0 unspecified atom stereocenters. The van der Waals surface area contributed by atoms with Crippen LogP contribution in [0.4, 0.5) is 0 Å². The van der Waals surface area contributed by atoms with E-state index in [0.717, 1.165) is 66.7 Å². The van der Waals surface area contributed by atoms with Crippen LogP contribution in [0.5, 0.6) is 0 Å². The average Bonchev–Trinajstić information content (AvgIpc) is 3.52. The van der Waals surface area contributed by atoms with E-state index >= 15 is 0 Å². The van der Waals surface area contributed by atoms with Crippen LogP contribution in [0.15, 0.2) is 193 Å². The van der Waals surface area contributed by atoms with Gasteiger partial charge in [0, 0.05) is 30.8 Å². The minimum absolute atomic E-state index is 0.0237. The molecule has 0 radical (unpaired) electrons. The summed E-state index contributed by atoms with van der Waals surface area (Å²) < 4.78 is 3.39. The van der Waals surface area contributed by atoms with Gasteiger partial charge >= 0.3 is 5.69 Å². The first-order chi connectivity index (χ1) is 28.5. The smallest absolute Gasteiger partial charge is 0.295 e. The summed E-state index contributed by atoms with van der Waals surface area (Å²) >= 11 is 0. The molecule has 2 heterocycles. The Labute approximate surface area is 336 Å². The van der Waals surface area contributed by atoms with E-state index < -0.39 is 0 Å². The van der Waals surface area contributed by atoms with Gasteiger partial charge in [0.25, 0.3) is 0 Å². The maximum absolute atomic E-state index is 12.5. The van der Waals surface area contributed by atoms with Crippen molar-refractivity contribution in [1.29, 1.82) is 0 Å². The molecule has 10 rings (SSSR count). The quantitative estimate of drug-likeness (QED) is 0.163. The highest BCUT2D eigenvalue weighted by Gasteiger charge is 2.15. The van der Waals surface area contributed by atoms with Gasteiger partial charge in [0.1, 0.15) is 0 Å². The van der Waals surface area contributed by atoms with Crippen molar-refractivity contribution in [3.05, 3.63) is 199 Å². The lowest BCUT2D eigenvalue weighted by molar-refractivity contribution is 0.795. The van der Waals surface area contributed by atoms with E-state index in [1.165, 1.54) is 16.3 Å². The van der Waals surface area contributed by atoms with E-state index in [9.17, 15) is 4.79 Å². The van der Waals surface area contributed by atoms with E-state index in [0.29, 0.717) is 17.5 Å². The number of nitrogens with zero attached hydrogens (tertiary/aromatic N) is 5. The second-order valence-corrected chi connectivity index (χ2v) is 14.6. The highest BCUT2D eigenvalue weighted by atomic mass is 16.1. The number of rotatable bonds is 7. The summed E-state index contributed by atoms with van der Waals surface area (Å²) in [5.74, 6) is 1.88. The molecule has 0 saturated carbocycles. The third-order valence-electron chi connectivity index (χ3n) is 11.1. The van der Waals surface area contributed by atoms with Crippen LogP contribution in [0.2, 0.25) is 0 Å². The Bertz CT molecular complexity index is 3180. The molecule has 276 valence electrons. The molecule has 0 amide bonds. The van der Waals surface area contributed by atoms with E-state index in [-0.39, 0.29) is 5.69 Å². The highest BCUT2D eigenvalue weighted by molar-refractivity contribution is 6.05. The van der Waals surface area contributed by atoms with Crippen molar-refractivity contribution in [2.24, 2.45) is 14.1 Å². The van der Waals surface area contributed by atoms with Gasteiger partial charge in [-0.2, -0.15) is 0 Å². The minimum Gasteiger partial charge on any atom is -0.295 e. The van der Waals surface area contributed by atoms with Crippen LogP contribution in [-0.4, -0.2) is 24.1 Å². The van der Waals surface area contributed by atoms with Crippen molar-refractivity contribution in [2.45, 2.75) is 0 Å². The fourth-order valence-corrected chi connectivity index (χ4v) is 7.95. The number of aromatic nitrogens is 5. The number of hydrogen-bond acceptors (Lipinski definition) is 4. The van der Waals surface area contributed by atoms with Gasteiger partial charge in [-0.1, -0.05) is 170 Å². The second kappa shape index (κ2) is 14.4. The van der Waals surface area contributed by atoms with Crippen LogP contribution in [0.25, 0.3) is 100 Å². The van der Waals surface area contributed by atoms with Crippen molar-refractivity contribution in [3.63, 3.8) is 0 Å². The fourth-order valence-electron chi connectivity index (χ4n) is 7.95. The molecule has 10 aromatic rings. The molecule has 2 aromatic heterocycles. The molecular formula is C52H37N5O. The first-order valence-electron chi connectivity index (χ1n) is 19.3. The topological polar surface area (TPSA) is 65.6 Å². The third-order valence-corrected chi connectivity index (χ3v) is 11.1. The largest absolute Gasteiger partial charge is 0.328 e. The van der Waals surface area contributed by atoms with Crippen molar-refractivity contribution in [2.75, 3.05) is 0 Å². The Morgan fingerprint density at radius 3 is 1.33 bits per heavy atom. The van der Waals surface area contributed by atoms with Crippen LogP contribution in [0.1, 0.15) is 0 Å². The zero-order valence-electron chi connectivity index (χ0n) is 32.0. The minimum atomic E-state index is -0.0237. The van der Waals surface area contributed by atoms with Gasteiger partial charge in [0.15, 0.2) is 17.5 Å². The van der Waals surface area contributed by atoms with E-state index in [2.05, 4.69) is 146 Å². The zero-order valence-corrected chi connectivity index (χ0v) is 32.0. The van der Waals surface area contributed by atoms with Crippen LogP contribution in [0, 0.1) is 0 Å². The van der Waals surface area contributed by atoms with Crippen molar-refractivity contribution < 1.29 is 0 Å². The Morgan fingerprint density at radius 2 is 0.724 bits per heavy atom. The summed E-state index contributed by atoms with van der Waals surface area (Å²) in [6.45, 7) is 0. The fraction of sp³-hybridized carbons (Fsp3) is 0.0385. The van der Waals surface area contributed by atoms with Crippen molar-refractivity contribution in [3.8, 4) is 78.7 Å². The normalized spacial score (nSPS) is 11.3. The lowest BCUT2D eigenvalue weighted by Gasteiger charge is -2.13. The Hall–Kier alpha value is -7.70. The number of hydrogen-bond donors (Lipinski definition) is 0. The molecule has 0 aliphatic heterocycles. The van der Waals surface area contributed by atoms with Crippen LogP contribution >= 0.6 is 0 Å². The van der Waals surface area contributed by atoms with Gasteiger partial charge < -0.3 is 0 Å². The molecular weight excluding hydrogens is 711 g/mol. The summed E-state index contributed by atoms with van der Waals surface area (Å²) in [6.07, 6.45) is 0. The van der Waals surface area contributed by atoms with Crippen molar-refractivity contribution in [1.82, 2.24) is 24.1 Å². The lowest BCUT2D eigenvalue weighted by atomic mass is 9.91. The summed E-state index contributed by atoms with van der Waals surface area (Å²) in [6, 6.07) is 65.3. The maximum atomic E-state index is 12.5. The number of fused-ring (bicyclic) bond motifs is 2. The van der Waals surface area contributed by atoms with Gasteiger partial charge in [-0.25, -0.2) is 19.7 Å². The summed E-state index contributed by atoms with van der Waals surface area (Å²) in [4.78, 5) is 27.5. The molecule has 8 aromatic carbocycles. The predicted molar refractivity (Wildman–Crippen MR) is 237 cm³/mol. The second-order valence-electron chi connectivity index (χ2n) is 14.6. The first kappa shape index (κ1) is 34.8. The Kier molecular flexibility index (Phi) is 8.64. The van der Waals surface area contributed by atoms with Gasteiger partial charge in [0.05, 0.1) is 11.0 Å². The van der Waals surface area contributed by atoms with Crippen LogP contribution < -0.4 is 5.69 Å². The lowest BCUT2D eigenvalue weighted by Crippen LogP contribution is -2.19. The summed E-state index contributed by atoms with van der Waals surface area (Å²) in [7, 11) is 3.63. The molecule has 0 spiro atoms. The first-order valence-corrected chi connectivity index (χ1v) is 19.3. The SMILES string of the molecule is Cn1c(=O)n(C)c2cc(-c3ccc(-c4ccc(-c5ccc(-c6nc(-c7ccccc7)nc(-c7cccc(-c8ccccc8)c7)n6)cc5)c5ccccc45)cc3)ccc21. The zero-order chi connectivity index (χ0) is 39.2. The number of aryl methyl sites for hydroxylation is 2. The van der Waals surface area contributed by atoms with E-state index in [4.69, 9.17) is 15.0 Å². The predicted octanol–water partition coefficient (Wildman–Crippen LogP) is 11.9. The van der Waals surface area contributed by atoms with Crippen LogP contribution in [-0.2, 0) is 14.1 Å². The van der Waals surface area contributed by atoms with Gasteiger partial charge in [-0.3, -0.25) is 9.13 Å². The molecule has 0 fully saturated rings. The number of imidazole rings is 1.